The molecule has 3 amide bonds. The van der Waals surface area contributed by atoms with Gasteiger partial charge in [-0.15, -0.1) is 0 Å². The second-order valence-corrected chi connectivity index (χ2v) is 5.91. The number of nitrogens with zero attached hydrogens (tertiary/aromatic N) is 2. The molecule has 2 saturated heterocycles. The molecule has 4 N–H and O–H groups in total. The third-order valence-electron chi connectivity index (χ3n) is 3.58. The molecule has 0 aliphatic carbocycles. The number of urea groups is 1. The summed E-state index contributed by atoms with van der Waals surface area (Å²) in [7, 11) is 0. The molecule has 3 heterocycles. The summed E-state index contributed by atoms with van der Waals surface area (Å²) in [5, 5.41) is 3.36. The smallest absolute Gasteiger partial charge is 0.325 e. The first-order valence-corrected chi connectivity index (χ1v) is 7.09. The Kier molecular flexibility index (Phi) is 3.32. The fourth-order valence-electron chi connectivity index (χ4n) is 2.48. The van der Waals surface area contributed by atoms with Crippen LogP contribution >= 0.6 is 11.3 Å². The highest BCUT2D eigenvalue weighted by atomic mass is 32.1. The second-order valence-electron chi connectivity index (χ2n) is 4.79. The second kappa shape index (κ2) is 5.00. The number of carbonyl (C=O) groups excluding carboxylic acids is 2. The molecule has 0 saturated carbocycles. The van der Waals surface area contributed by atoms with Gasteiger partial charge in [-0.25, -0.2) is 15.6 Å². The molecule has 0 unspecified atom stereocenters. The number of ether oxygens (including phenoxy) is 1. The van der Waals surface area contributed by atoms with Gasteiger partial charge < -0.3 is 10.1 Å². The van der Waals surface area contributed by atoms with Crippen LogP contribution in [0.3, 0.4) is 0 Å². The number of anilines is 1. The Morgan fingerprint density at radius 3 is 2.90 bits per heavy atom. The number of aromatic nitrogens is 1. The molecular weight excluding hydrogens is 282 g/mol. The summed E-state index contributed by atoms with van der Waals surface area (Å²) < 4.78 is 5.26. The van der Waals surface area contributed by atoms with Crippen LogP contribution in [0.25, 0.3) is 0 Å². The van der Waals surface area contributed by atoms with Gasteiger partial charge in [-0.1, -0.05) is 11.3 Å². The van der Waals surface area contributed by atoms with Crippen molar-refractivity contribution >= 4 is 28.4 Å². The van der Waals surface area contributed by atoms with E-state index in [0.29, 0.717) is 31.2 Å². The Labute approximate surface area is 119 Å². The number of carbonyl (C=O) groups is 2. The molecule has 1 aromatic heterocycles. The number of imide groups is 1. The van der Waals surface area contributed by atoms with Gasteiger partial charge in [0.1, 0.15) is 5.54 Å². The lowest BCUT2D eigenvalue weighted by Gasteiger charge is -2.30. The number of nitrogens with one attached hydrogen (secondary N) is 2. The molecule has 0 atom stereocenters. The Bertz CT molecular complexity index is 540. The van der Waals surface area contributed by atoms with Gasteiger partial charge in [-0.2, -0.15) is 0 Å². The zero-order valence-electron chi connectivity index (χ0n) is 10.7. The Morgan fingerprint density at radius 2 is 2.25 bits per heavy atom. The van der Waals surface area contributed by atoms with Gasteiger partial charge in [0.25, 0.3) is 5.91 Å². The Balaban J connectivity index is 1.76. The van der Waals surface area contributed by atoms with Crippen LogP contribution in [0.2, 0.25) is 0 Å². The quantitative estimate of drug-likeness (QED) is 0.412. The van der Waals surface area contributed by atoms with Crippen LogP contribution in [0.1, 0.15) is 17.7 Å². The number of nitrogens with two attached hydrogens (primary N) is 1. The van der Waals surface area contributed by atoms with E-state index in [0.717, 1.165) is 4.88 Å². The van der Waals surface area contributed by atoms with Crippen molar-refractivity contribution in [1.29, 1.82) is 0 Å². The maximum atomic E-state index is 12.5. The molecule has 0 bridgehead atoms. The lowest BCUT2D eigenvalue weighted by Crippen LogP contribution is -2.50. The third-order valence-corrected chi connectivity index (χ3v) is 4.50. The average Bonchev–Trinajstić information content (AvgIpc) is 3.00. The van der Waals surface area contributed by atoms with Gasteiger partial charge >= 0.3 is 6.03 Å². The number of amides is 3. The Morgan fingerprint density at radius 1 is 1.50 bits per heavy atom. The molecule has 2 aliphatic rings. The SMILES string of the molecule is NNc1ncc(CN2C(=O)NC3(CCOCC3)C2=O)s1. The van der Waals surface area contributed by atoms with Crippen LogP contribution in [0.4, 0.5) is 9.93 Å². The van der Waals surface area contributed by atoms with Crippen LogP contribution < -0.4 is 16.6 Å². The molecule has 3 rings (SSSR count). The van der Waals surface area contributed by atoms with Gasteiger partial charge in [0.2, 0.25) is 0 Å². The van der Waals surface area contributed by atoms with Crippen molar-refractivity contribution in [2.45, 2.75) is 24.9 Å². The fourth-order valence-corrected chi connectivity index (χ4v) is 3.19. The number of thiazole rings is 1. The summed E-state index contributed by atoms with van der Waals surface area (Å²) in [4.78, 5) is 30.6. The van der Waals surface area contributed by atoms with E-state index >= 15 is 0 Å². The largest absolute Gasteiger partial charge is 0.381 e. The van der Waals surface area contributed by atoms with Gasteiger partial charge in [0, 0.05) is 37.1 Å². The highest BCUT2D eigenvalue weighted by Crippen LogP contribution is 2.30. The van der Waals surface area contributed by atoms with Gasteiger partial charge in [0.05, 0.1) is 6.54 Å². The molecule has 0 radical (unpaired) electrons. The Hall–Kier alpha value is -1.71. The van der Waals surface area contributed by atoms with Crippen LogP contribution in [0, 0.1) is 0 Å². The van der Waals surface area contributed by atoms with E-state index in [1.807, 2.05) is 0 Å². The minimum Gasteiger partial charge on any atom is -0.381 e. The van der Waals surface area contributed by atoms with Crippen molar-refractivity contribution in [3.63, 3.8) is 0 Å². The molecular formula is C11H15N5O3S. The number of nitrogen functional groups attached to an aromatic ring is 1. The predicted molar refractivity (Wildman–Crippen MR) is 71.8 cm³/mol. The molecule has 2 fully saturated rings. The maximum absolute atomic E-state index is 12.5. The van der Waals surface area contributed by atoms with Crippen molar-refractivity contribution < 1.29 is 14.3 Å². The molecule has 9 heteroatoms. The molecule has 20 heavy (non-hydrogen) atoms. The summed E-state index contributed by atoms with van der Waals surface area (Å²) in [5.41, 5.74) is 1.66. The van der Waals surface area contributed by atoms with E-state index in [-0.39, 0.29) is 18.5 Å². The third kappa shape index (κ3) is 2.13. The fraction of sp³-hybridized carbons (Fsp3) is 0.545. The summed E-state index contributed by atoms with van der Waals surface area (Å²) in [6, 6.07) is -0.354. The van der Waals surface area contributed by atoms with E-state index < -0.39 is 5.54 Å². The van der Waals surface area contributed by atoms with E-state index in [9.17, 15) is 9.59 Å². The number of hydrogen-bond donors (Lipinski definition) is 3. The lowest BCUT2D eigenvalue weighted by molar-refractivity contribution is -0.134. The summed E-state index contributed by atoms with van der Waals surface area (Å²) in [5.74, 6) is 5.08. The maximum Gasteiger partial charge on any atom is 0.325 e. The van der Waals surface area contributed by atoms with Crippen LogP contribution in [0.15, 0.2) is 6.20 Å². The first-order valence-electron chi connectivity index (χ1n) is 6.28. The highest BCUT2D eigenvalue weighted by molar-refractivity contribution is 7.15. The van der Waals surface area contributed by atoms with Crippen molar-refractivity contribution in [2.75, 3.05) is 18.6 Å². The van der Waals surface area contributed by atoms with Gasteiger partial charge in [0.15, 0.2) is 5.13 Å². The highest BCUT2D eigenvalue weighted by Gasteiger charge is 2.51. The van der Waals surface area contributed by atoms with Crippen LogP contribution in [-0.2, 0) is 16.1 Å². The van der Waals surface area contributed by atoms with Crippen LogP contribution in [0.5, 0.6) is 0 Å². The van der Waals surface area contributed by atoms with Crippen LogP contribution in [-0.4, -0.2) is 40.6 Å². The zero-order chi connectivity index (χ0) is 14.2. The summed E-state index contributed by atoms with van der Waals surface area (Å²) >= 11 is 1.31. The molecule has 8 nitrogen and oxygen atoms in total. The van der Waals surface area contributed by atoms with Gasteiger partial charge in [-0.05, 0) is 0 Å². The van der Waals surface area contributed by atoms with E-state index in [1.165, 1.54) is 16.2 Å². The standard InChI is InChI=1S/C11H15N5O3S/c12-15-9-13-5-7(20-9)6-16-8(17)11(14-10(16)18)1-3-19-4-2-11/h5H,1-4,6,12H2,(H,13,15)(H,14,18). The van der Waals surface area contributed by atoms with E-state index in [2.05, 4.69) is 15.7 Å². The summed E-state index contributed by atoms with van der Waals surface area (Å²) in [6.45, 7) is 1.19. The van der Waals surface area contributed by atoms with E-state index in [1.54, 1.807) is 6.20 Å². The van der Waals surface area contributed by atoms with Crippen molar-refractivity contribution in [3.8, 4) is 0 Å². The first kappa shape index (κ1) is 13.3. The van der Waals surface area contributed by atoms with Crippen molar-refractivity contribution in [2.24, 2.45) is 5.84 Å². The first-order chi connectivity index (χ1) is 9.64. The minimum absolute atomic E-state index is 0.179. The van der Waals surface area contributed by atoms with Gasteiger partial charge in [-0.3, -0.25) is 15.1 Å². The summed E-state index contributed by atoms with van der Waals surface area (Å²) in [6.07, 6.45) is 2.65. The number of hydrazine groups is 1. The molecule has 2 aliphatic heterocycles. The average molecular weight is 297 g/mol. The zero-order valence-corrected chi connectivity index (χ0v) is 11.5. The molecule has 0 aromatic carbocycles. The topological polar surface area (TPSA) is 110 Å². The minimum atomic E-state index is -0.783. The predicted octanol–water partition coefficient (Wildman–Crippen LogP) is 0.0297. The number of rotatable bonds is 3. The lowest BCUT2D eigenvalue weighted by atomic mass is 9.90. The van der Waals surface area contributed by atoms with Crippen molar-refractivity contribution in [3.05, 3.63) is 11.1 Å². The van der Waals surface area contributed by atoms with Crippen molar-refractivity contribution in [1.82, 2.24) is 15.2 Å². The number of hydrogen-bond acceptors (Lipinski definition) is 7. The molecule has 108 valence electrons. The normalized spacial score (nSPS) is 21.4. The molecule has 1 spiro atoms. The monoisotopic (exact) mass is 297 g/mol. The van der Waals surface area contributed by atoms with E-state index in [4.69, 9.17) is 10.6 Å². The molecule has 1 aromatic rings.